The Bertz CT molecular complexity index is 1010. The first-order valence-electron chi connectivity index (χ1n) is 8.13. The summed E-state index contributed by atoms with van der Waals surface area (Å²) in [5.41, 5.74) is 2.11. The van der Waals surface area contributed by atoms with Crippen molar-refractivity contribution in [3.8, 4) is 0 Å². The molecule has 2 heterocycles. The lowest BCUT2D eigenvalue weighted by molar-refractivity contribution is 0.348. The minimum Gasteiger partial charge on any atom is -0.339 e. The molecular weight excluding hydrogens is 361 g/mol. The average Bonchev–Trinajstić information content (AvgIpc) is 3.29. The molecule has 0 spiro atoms. The highest BCUT2D eigenvalue weighted by molar-refractivity contribution is 7.89. The molecule has 2 N–H and O–H groups in total. The molecule has 136 valence electrons. The Morgan fingerprint density at radius 3 is 2.92 bits per heavy atom. The number of fused-ring (bicyclic) bond motifs is 1. The van der Waals surface area contributed by atoms with E-state index in [0.29, 0.717) is 5.89 Å². The average molecular weight is 377 g/mol. The number of nitrogens with one attached hydrogen (secondary N) is 2. The van der Waals surface area contributed by atoms with Crippen molar-refractivity contribution in [2.24, 2.45) is 0 Å². The number of aromatic amines is 1. The number of hydrogen-bond acceptors (Lipinski definition) is 6. The summed E-state index contributed by atoms with van der Waals surface area (Å²) in [4.78, 5) is 4.28. The van der Waals surface area contributed by atoms with Crippen LogP contribution >= 0.6 is 0 Å². The summed E-state index contributed by atoms with van der Waals surface area (Å²) in [5, 5.41) is 10.9. The zero-order chi connectivity index (χ0) is 18.1. The van der Waals surface area contributed by atoms with E-state index in [1.807, 2.05) is 0 Å². The van der Waals surface area contributed by atoms with E-state index >= 15 is 0 Å². The largest absolute Gasteiger partial charge is 0.339 e. The van der Waals surface area contributed by atoms with Gasteiger partial charge in [-0.2, -0.15) is 10.1 Å². The highest BCUT2D eigenvalue weighted by Crippen LogP contribution is 2.34. The van der Waals surface area contributed by atoms with Gasteiger partial charge in [0.25, 0.3) is 0 Å². The van der Waals surface area contributed by atoms with E-state index in [9.17, 15) is 12.8 Å². The fourth-order valence-electron chi connectivity index (χ4n) is 3.05. The van der Waals surface area contributed by atoms with Crippen LogP contribution in [-0.2, 0) is 23.0 Å². The summed E-state index contributed by atoms with van der Waals surface area (Å²) in [7, 11) is -3.79. The topological polar surface area (TPSA) is 114 Å². The van der Waals surface area contributed by atoms with Crippen LogP contribution in [0.5, 0.6) is 0 Å². The molecule has 0 bridgehead atoms. The van der Waals surface area contributed by atoms with Crippen molar-refractivity contribution in [1.82, 2.24) is 25.1 Å². The number of nitrogens with zero attached hydrogens (tertiary/aromatic N) is 3. The summed E-state index contributed by atoms with van der Waals surface area (Å²) >= 11 is 0. The highest BCUT2D eigenvalue weighted by atomic mass is 32.2. The van der Waals surface area contributed by atoms with E-state index in [1.165, 1.54) is 12.1 Å². The molecule has 0 saturated carbocycles. The second-order valence-electron chi connectivity index (χ2n) is 6.08. The maximum absolute atomic E-state index is 12.9. The summed E-state index contributed by atoms with van der Waals surface area (Å²) in [6, 6.07) is 4.57. The molecule has 0 fully saturated rings. The van der Waals surface area contributed by atoms with E-state index < -0.39 is 15.8 Å². The van der Waals surface area contributed by atoms with Gasteiger partial charge in [-0.05, 0) is 49.1 Å². The zero-order valence-corrected chi connectivity index (χ0v) is 14.5. The Hall–Kier alpha value is -2.59. The fourth-order valence-corrected chi connectivity index (χ4v) is 4.03. The Balaban J connectivity index is 1.47. The standard InChI is InChI=1S/C16H16FN5O3S/c17-11-4-6-12(7-5-11)26(23,24)19-9-14-20-16(25-22-14)13-3-1-2-10-8-18-21-15(10)13/h4-8,13,19H,1-3,9H2,(H,18,21). The first-order valence-corrected chi connectivity index (χ1v) is 9.61. The van der Waals surface area contributed by atoms with Gasteiger partial charge < -0.3 is 4.52 Å². The van der Waals surface area contributed by atoms with Gasteiger partial charge in [0, 0.05) is 0 Å². The molecule has 0 saturated heterocycles. The van der Waals surface area contributed by atoms with Crippen LogP contribution in [-0.4, -0.2) is 28.8 Å². The van der Waals surface area contributed by atoms with Crippen molar-refractivity contribution in [1.29, 1.82) is 0 Å². The van der Waals surface area contributed by atoms with Crippen LogP contribution in [0.3, 0.4) is 0 Å². The van der Waals surface area contributed by atoms with E-state index in [1.54, 1.807) is 6.20 Å². The molecule has 1 unspecified atom stereocenters. The number of halogens is 1. The molecule has 0 aliphatic heterocycles. The lowest BCUT2D eigenvalue weighted by atomic mass is 9.88. The zero-order valence-electron chi connectivity index (χ0n) is 13.6. The molecule has 26 heavy (non-hydrogen) atoms. The summed E-state index contributed by atoms with van der Waals surface area (Å²) in [6.07, 6.45) is 4.61. The van der Waals surface area contributed by atoms with Crippen molar-refractivity contribution >= 4 is 10.0 Å². The van der Waals surface area contributed by atoms with Crippen LogP contribution in [0.1, 0.15) is 41.7 Å². The van der Waals surface area contributed by atoms with Crippen molar-refractivity contribution in [2.75, 3.05) is 0 Å². The first-order chi connectivity index (χ1) is 12.5. The van der Waals surface area contributed by atoms with E-state index in [-0.39, 0.29) is 23.2 Å². The van der Waals surface area contributed by atoms with Crippen LogP contribution in [0.4, 0.5) is 4.39 Å². The van der Waals surface area contributed by atoms with Gasteiger partial charge in [0.15, 0.2) is 5.82 Å². The van der Waals surface area contributed by atoms with Gasteiger partial charge in [0.05, 0.1) is 29.2 Å². The predicted molar refractivity (Wildman–Crippen MR) is 88.1 cm³/mol. The molecule has 1 aliphatic carbocycles. The minimum atomic E-state index is -3.79. The molecule has 1 atom stereocenters. The molecule has 4 rings (SSSR count). The highest BCUT2D eigenvalue weighted by Gasteiger charge is 2.28. The first kappa shape index (κ1) is 16.9. The van der Waals surface area contributed by atoms with Gasteiger partial charge in [-0.15, -0.1) is 0 Å². The van der Waals surface area contributed by atoms with Crippen LogP contribution in [0.15, 0.2) is 39.9 Å². The molecule has 1 aromatic carbocycles. The number of sulfonamides is 1. The maximum atomic E-state index is 12.9. The summed E-state index contributed by atoms with van der Waals surface area (Å²) in [5.74, 6) is 0.108. The molecular formula is C16H16FN5O3S. The summed E-state index contributed by atoms with van der Waals surface area (Å²) < 4.78 is 45.1. The van der Waals surface area contributed by atoms with Crippen LogP contribution < -0.4 is 4.72 Å². The SMILES string of the molecule is O=S(=O)(NCc1noc(C2CCCc3cn[nH]c32)n1)c1ccc(F)cc1. The molecule has 8 nitrogen and oxygen atoms in total. The second-order valence-corrected chi connectivity index (χ2v) is 7.85. The lowest BCUT2D eigenvalue weighted by Crippen LogP contribution is -2.23. The predicted octanol–water partition coefficient (Wildman–Crippen LogP) is 1.88. The van der Waals surface area contributed by atoms with Crippen LogP contribution in [0.2, 0.25) is 0 Å². The maximum Gasteiger partial charge on any atom is 0.240 e. The van der Waals surface area contributed by atoms with Gasteiger partial charge in [0.2, 0.25) is 15.9 Å². The Morgan fingerprint density at radius 1 is 1.31 bits per heavy atom. The van der Waals surface area contributed by atoms with E-state index in [4.69, 9.17) is 4.52 Å². The number of benzene rings is 1. The van der Waals surface area contributed by atoms with E-state index in [2.05, 4.69) is 25.1 Å². The van der Waals surface area contributed by atoms with Gasteiger partial charge in [-0.3, -0.25) is 5.10 Å². The van der Waals surface area contributed by atoms with Gasteiger partial charge >= 0.3 is 0 Å². The van der Waals surface area contributed by atoms with Crippen LogP contribution in [0, 0.1) is 5.82 Å². The van der Waals surface area contributed by atoms with Crippen molar-refractivity contribution in [2.45, 2.75) is 36.6 Å². The normalized spacial score (nSPS) is 17.2. The van der Waals surface area contributed by atoms with Gasteiger partial charge in [-0.1, -0.05) is 5.16 Å². The molecule has 0 radical (unpaired) electrons. The van der Waals surface area contributed by atoms with Gasteiger partial charge in [0.1, 0.15) is 5.82 Å². The number of aromatic nitrogens is 4. The molecule has 3 aromatic rings. The Kier molecular flexibility index (Phi) is 4.29. The molecule has 10 heteroatoms. The fraction of sp³-hybridized carbons (Fsp3) is 0.312. The molecule has 1 aliphatic rings. The Morgan fingerprint density at radius 2 is 2.12 bits per heavy atom. The third-order valence-corrected chi connectivity index (χ3v) is 5.78. The summed E-state index contributed by atoms with van der Waals surface area (Å²) in [6.45, 7) is -0.119. The minimum absolute atomic E-state index is 0.0306. The third-order valence-electron chi connectivity index (χ3n) is 4.36. The van der Waals surface area contributed by atoms with E-state index in [0.717, 1.165) is 42.7 Å². The van der Waals surface area contributed by atoms with Gasteiger partial charge in [-0.25, -0.2) is 17.5 Å². The smallest absolute Gasteiger partial charge is 0.240 e. The van der Waals surface area contributed by atoms with Crippen molar-refractivity contribution in [3.05, 3.63) is 59.3 Å². The van der Waals surface area contributed by atoms with Crippen molar-refractivity contribution < 1.29 is 17.3 Å². The second kappa shape index (κ2) is 6.61. The quantitative estimate of drug-likeness (QED) is 0.702. The lowest BCUT2D eigenvalue weighted by Gasteiger charge is -2.17. The number of H-pyrrole nitrogens is 1. The number of hydrogen-bond donors (Lipinski definition) is 2. The number of aryl methyl sites for hydroxylation is 1. The molecule has 0 amide bonds. The molecule has 2 aromatic heterocycles. The Labute approximate surface area is 148 Å². The van der Waals surface area contributed by atoms with Crippen molar-refractivity contribution in [3.63, 3.8) is 0 Å². The van der Waals surface area contributed by atoms with Crippen LogP contribution in [0.25, 0.3) is 0 Å². The number of rotatable bonds is 5. The third kappa shape index (κ3) is 3.25. The monoisotopic (exact) mass is 377 g/mol.